The summed E-state index contributed by atoms with van der Waals surface area (Å²) in [5, 5.41) is 3.13. The zero-order chi connectivity index (χ0) is 14.1. The topological polar surface area (TPSA) is 39.7 Å². The van der Waals surface area contributed by atoms with Gasteiger partial charge in [-0.2, -0.15) is 0 Å². The van der Waals surface area contributed by atoms with Crippen molar-refractivity contribution in [1.29, 1.82) is 0 Å². The summed E-state index contributed by atoms with van der Waals surface area (Å²) in [6.45, 7) is 1.10. The molecule has 0 aliphatic heterocycles. The van der Waals surface area contributed by atoms with Gasteiger partial charge in [-0.25, -0.2) is 8.78 Å². The molecule has 0 heterocycles. The highest BCUT2D eigenvalue weighted by atomic mass is 19.3. The Bertz CT molecular complexity index is 375. The number of methoxy groups -OCH3 is 2. The SMILES string of the molecule is COCCNCc1cccc(OC)c1OCC(F)F. The molecule has 0 amide bonds. The van der Waals surface area contributed by atoms with Gasteiger partial charge < -0.3 is 19.5 Å². The highest BCUT2D eigenvalue weighted by molar-refractivity contribution is 5.46. The van der Waals surface area contributed by atoms with Gasteiger partial charge in [0, 0.05) is 25.8 Å². The molecule has 4 nitrogen and oxygen atoms in total. The Morgan fingerprint density at radius 3 is 2.68 bits per heavy atom. The van der Waals surface area contributed by atoms with Crippen molar-refractivity contribution in [1.82, 2.24) is 5.32 Å². The molecule has 0 aliphatic carbocycles. The molecule has 0 fully saturated rings. The highest BCUT2D eigenvalue weighted by Crippen LogP contribution is 2.31. The summed E-state index contributed by atoms with van der Waals surface area (Å²) in [6, 6.07) is 5.28. The summed E-state index contributed by atoms with van der Waals surface area (Å²) in [4.78, 5) is 0. The second kappa shape index (κ2) is 8.66. The van der Waals surface area contributed by atoms with E-state index >= 15 is 0 Å². The Balaban J connectivity index is 2.71. The van der Waals surface area contributed by atoms with E-state index in [1.54, 1.807) is 19.2 Å². The van der Waals surface area contributed by atoms with E-state index in [9.17, 15) is 8.78 Å². The van der Waals surface area contributed by atoms with Crippen LogP contribution in [0.3, 0.4) is 0 Å². The van der Waals surface area contributed by atoms with Crippen LogP contribution >= 0.6 is 0 Å². The smallest absolute Gasteiger partial charge is 0.272 e. The summed E-state index contributed by atoms with van der Waals surface area (Å²) >= 11 is 0. The summed E-state index contributed by atoms with van der Waals surface area (Å²) in [7, 11) is 3.09. The third-order valence-corrected chi connectivity index (χ3v) is 2.43. The number of halogens is 2. The van der Waals surface area contributed by atoms with Gasteiger partial charge in [0.1, 0.15) is 6.61 Å². The van der Waals surface area contributed by atoms with Crippen LogP contribution in [0.15, 0.2) is 18.2 Å². The van der Waals surface area contributed by atoms with Crippen molar-refractivity contribution in [2.45, 2.75) is 13.0 Å². The lowest BCUT2D eigenvalue weighted by atomic mass is 10.2. The van der Waals surface area contributed by atoms with E-state index in [4.69, 9.17) is 14.2 Å². The minimum absolute atomic E-state index is 0.357. The molecule has 0 atom stereocenters. The molecular weight excluding hydrogens is 256 g/mol. The van der Waals surface area contributed by atoms with E-state index in [2.05, 4.69) is 5.32 Å². The maximum Gasteiger partial charge on any atom is 0.272 e. The van der Waals surface area contributed by atoms with Crippen molar-refractivity contribution in [3.05, 3.63) is 23.8 Å². The quantitative estimate of drug-likeness (QED) is 0.700. The number of nitrogens with one attached hydrogen (secondary N) is 1. The van der Waals surface area contributed by atoms with Gasteiger partial charge in [-0.1, -0.05) is 12.1 Å². The predicted octanol–water partition coefficient (Wildman–Crippen LogP) is 2.08. The molecule has 0 unspecified atom stereocenters. The summed E-state index contributed by atoms with van der Waals surface area (Å²) in [5.74, 6) is 0.807. The third-order valence-electron chi connectivity index (χ3n) is 2.43. The van der Waals surface area contributed by atoms with Crippen LogP contribution < -0.4 is 14.8 Å². The largest absolute Gasteiger partial charge is 0.493 e. The first kappa shape index (κ1) is 15.7. The molecule has 0 aromatic heterocycles. The lowest BCUT2D eigenvalue weighted by molar-refractivity contribution is 0.0798. The van der Waals surface area contributed by atoms with Crippen LogP contribution in [-0.4, -0.2) is 40.4 Å². The van der Waals surface area contributed by atoms with Crippen LogP contribution in [0.25, 0.3) is 0 Å². The highest BCUT2D eigenvalue weighted by Gasteiger charge is 2.12. The fraction of sp³-hybridized carbons (Fsp3) is 0.538. The first-order chi connectivity index (χ1) is 9.19. The average Bonchev–Trinajstić information content (AvgIpc) is 2.41. The lowest BCUT2D eigenvalue weighted by Gasteiger charge is -2.15. The second-order valence-corrected chi connectivity index (χ2v) is 3.82. The van der Waals surface area contributed by atoms with Crippen molar-refractivity contribution in [2.24, 2.45) is 0 Å². The minimum atomic E-state index is -2.51. The molecule has 0 saturated carbocycles. The molecule has 108 valence electrons. The van der Waals surface area contributed by atoms with Crippen molar-refractivity contribution < 1.29 is 23.0 Å². The van der Waals surface area contributed by atoms with E-state index in [1.165, 1.54) is 7.11 Å². The van der Waals surface area contributed by atoms with Crippen molar-refractivity contribution in [2.75, 3.05) is 34.0 Å². The molecule has 0 bridgehead atoms. The third kappa shape index (κ3) is 5.40. The molecule has 0 saturated heterocycles. The van der Waals surface area contributed by atoms with E-state index in [0.29, 0.717) is 31.2 Å². The number of ether oxygens (including phenoxy) is 3. The maximum atomic E-state index is 12.2. The molecule has 0 radical (unpaired) electrons. The van der Waals surface area contributed by atoms with Gasteiger partial charge >= 0.3 is 0 Å². The number of para-hydroxylation sites is 1. The molecule has 1 aromatic carbocycles. The van der Waals surface area contributed by atoms with Crippen molar-refractivity contribution in [3.63, 3.8) is 0 Å². The first-order valence-corrected chi connectivity index (χ1v) is 5.95. The molecule has 0 aliphatic rings. The van der Waals surface area contributed by atoms with E-state index < -0.39 is 13.0 Å². The van der Waals surface area contributed by atoms with Gasteiger partial charge in [0.2, 0.25) is 0 Å². The van der Waals surface area contributed by atoms with Gasteiger partial charge in [0.05, 0.1) is 13.7 Å². The monoisotopic (exact) mass is 275 g/mol. The van der Waals surface area contributed by atoms with Crippen LogP contribution in [0.5, 0.6) is 11.5 Å². The standard InChI is InChI=1S/C13H19F2NO3/c1-17-7-6-16-8-10-4-3-5-11(18-2)13(10)19-9-12(14)15/h3-5,12,16H,6-9H2,1-2H3. The molecule has 1 aromatic rings. The zero-order valence-electron chi connectivity index (χ0n) is 11.1. The molecule has 1 rings (SSSR count). The van der Waals surface area contributed by atoms with Crippen LogP contribution in [0.2, 0.25) is 0 Å². The zero-order valence-corrected chi connectivity index (χ0v) is 11.1. The van der Waals surface area contributed by atoms with Crippen molar-refractivity contribution >= 4 is 0 Å². The molecule has 19 heavy (non-hydrogen) atoms. The van der Waals surface area contributed by atoms with Gasteiger partial charge in [-0.05, 0) is 6.07 Å². The number of rotatable bonds is 9. The van der Waals surface area contributed by atoms with Crippen LogP contribution in [0, 0.1) is 0 Å². The summed E-state index contributed by atoms with van der Waals surface area (Å²) in [5.41, 5.74) is 0.774. The Morgan fingerprint density at radius 2 is 2.05 bits per heavy atom. The summed E-state index contributed by atoms with van der Waals surface area (Å²) < 4.78 is 39.7. The molecular formula is C13H19F2NO3. The first-order valence-electron chi connectivity index (χ1n) is 5.95. The van der Waals surface area contributed by atoms with Gasteiger partial charge in [-0.15, -0.1) is 0 Å². The number of benzene rings is 1. The van der Waals surface area contributed by atoms with Crippen molar-refractivity contribution in [3.8, 4) is 11.5 Å². The average molecular weight is 275 g/mol. The Labute approximate surface area is 111 Å². The Hall–Kier alpha value is -1.40. The Kier molecular flexibility index (Phi) is 7.14. The number of hydrogen-bond acceptors (Lipinski definition) is 4. The van der Waals surface area contributed by atoms with Crippen LogP contribution in [-0.2, 0) is 11.3 Å². The van der Waals surface area contributed by atoms with E-state index in [1.807, 2.05) is 6.07 Å². The van der Waals surface area contributed by atoms with Crippen LogP contribution in [0.4, 0.5) is 8.78 Å². The lowest BCUT2D eigenvalue weighted by Crippen LogP contribution is -2.19. The fourth-order valence-electron chi connectivity index (χ4n) is 1.57. The van der Waals surface area contributed by atoms with E-state index in [-0.39, 0.29) is 0 Å². The summed E-state index contributed by atoms with van der Waals surface area (Å²) in [6.07, 6.45) is -2.51. The maximum absolute atomic E-state index is 12.2. The van der Waals surface area contributed by atoms with Crippen LogP contribution in [0.1, 0.15) is 5.56 Å². The molecule has 1 N–H and O–H groups in total. The van der Waals surface area contributed by atoms with Gasteiger partial charge in [-0.3, -0.25) is 0 Å². The van der Waals surface area contributed by atoms with Gasteiger partial charge in [0.25, 0.3) is 6.43 Å². The minimum Gasteiger partial charge on any atom is -0.493 e. The number of hydrogen-bond donors (Lipinski definition) is 1. The van der Waals surface area contributed by atoms with E-state index in [0.717, 1.165) is 5.56 Å². The normalized spacial score (nSPS) is 10.8. The molecule has 6 heteroatoms. The predicted molar refractivity (Wildman–Crippen MR) is 68.1 cm³/mol. The fourth-order valence-corrected chi connectivity index (χ4v) is 1.57. The van der Waals surface area contributed by atoms with Gasteiger partial charge in [0.15, 0.2) is 11.5 Å². The number of alkyl halides is 2. The Morgan fingerprint density at radius 1 is 1.26 bits per heavy atom. The molecule has 0 spiro atoms. The second-order valence-electron chi connectivity index (χ2n) is 3.82.